The Kier molecular flexibility index (Phi) is 3.70. The number of aryl methyl sites for hydroxylation is 1. The quantitative estimate of drug-likeness (QED) is 0.921. The average molecular weight is 329 g/mol. The third-order valence-corrected chi connectivity index (χ3v) is 5.07. The van der Waals surface area contributed by atoms with E-state index in [9.17, 15) is 9.18 Å². The van der Waals surface area contributed by atoms with Crippen LogP contribution in [0.25, 0.3) is 0 Å². The van der Waals surface area contributed by atoms with Gasteiger partial charge in [-0.15, -0.1) is 10.2 Å². The van der Waals surface area contributed by atoms with E-state index in [1.54, 1.807) is 12.4 Å². The molecule has 1 fully saturated rings. The van der Waals surface area contributed by atoms with E-state index in [2.05, 4.69) is 15.5 Å². The minimum Gasteiger partial charge on any atom is -0.331 e. The monoisotopic (exact) mass is 329 g/mol. The van der Waals surface area contributed by atoms with Gasteiger partial charge in [0.1, 0.15) is 12.1 Å². The number of carbonyl (C=O) groups is 1. The Morgan fingerprint density at radius 1 is 1.38 bits per heavy atom. The molecular formula is C17H20FN5O. The summed E-state index contributed by atoms with van der Waals surface area (Å²) in [6.07, 6.45) is 4.89. The first-order valence-corrected chi connectivity index (χ1v) is 8.33. The summed E-state index contributed by atoms with van der Waals surface area (Å²) in [7, 11) is 1.89. The molecule has 6 nitrogen and oxygen atoms in total. The van der Waals surface area contributed by atoms with Gasteiger partial charge < -0.3 is 14.8 Å². The van der Waals surface area contributed by atoms with E-state index < -0.39 is 0 Å². The van der Waals surface area contributed by atoms with Crippen LogP contribution in [0, 0.1) is 5.82 Å². The van der Waals surface area contributed by atoms with Crippen molar-refractivity contribution in [3.8, 4) is 0 Å². The minimum absolute atomic E-state index is 0.0501. The predicted molar refractivity (Wildman–Crippen MR) is 85.7 cm³/mol. The number of carbonyl (C=O) groups excluding carboxylic acids is 1. The number of halogens is 1. The highest BCUT2D eigenvalue weighted by molar-refractivity contribution is 5.75. The first-order chi connectivity index (χ1) is 11.6. The Hall–Kier alpha value is -2.44. The molecule has 1 aromatic heterocycles. The van der Waals surface area contributed by atoms with Crippen LogP contribution in [0.1, 0.15) is 48.3 Å². The van der Waals surface area contributed by atoms with Gasteiger partial charge in [-0.05, 0) is 42.9 Å². The van der Waals surface area contributed by atoms with Crippen molar-refractivity contribution in [3.05, 3.63) is 47.3 Å². The largest absolute Gasteiger partial charge is 0.331 e. The van der Waals surface area contributed by atoms with Crippen LogP contribution in [-0.4, -0.2) is 32.2 Å². The normalized spacial score (nSPS) is 22.7. The van der Waals surface area contributed by atoms with Crippen LogP contribution in [0.3, 0.4) is 0 Å². The highest BCUT2D eigenvalue weighted by atomic mass is 19.1. The molecule has 2 aliphatic rings. The van der Waals surface area contributed by atoms with Crippen LogP contribution in [0.15, 0.2) is 24.5 Å². The lowest BCUT2D eigenvalue weighted by Gasteiger charge is -2.26. The highest BCUT2D eigenvalue weighted by Gasteiger charge is 2.35. The van der Waals surface area contributed by atoms with E-state index in [1.807, 2.05) is 22.6 Å². The van der Waals surface area contributed by atoms with Gasteiger partial charge >= 0.3 is 6.03 Å². The van der Waals surface area contributed by atoms with Gasteiger partial charge in [0, 0.05) is 13.6 Å². The SMILES string of the molecule is Cn1cnnc1[C@H]1CCCN1C(=O)N[C@H]1CCc2c(F)cccc21. The van der Waals surface area contributed by atoms with Gasteiger partial charge in [-0.3, -0.25) is 0 Å². The molecule has 1 aromatic carbocycles. The molecule has 0 bridgehead atoms. The van der Waals surface area contributed by atoms with Crippen LogP contribution < -0.4 is 5.32 Å². The molecule has 1 N–H and O–H groups in total. The van der Waals surface area contributed by atoms with Gasteiger partial charge in [0.15, 0.2) is 5.82 Å². The van der Waals surface area contributed by atoms with Crippen LogP contribution >= 0.6 is 0 Å². The molecule has 7 heteroatoms. The number of rotatable bonds is 2. The molecule has 0 radical (unpaired) electrons. The van der Waals surface area contributed by atoms with Crippen molar-refractivity contribution >= 4 is 6.03 Å². The van der Waals surface area contributed by atoms with Crippen molar-refractivity contribution in [2.45, 2.75) is 37.8 Å². The van der Waals surface area contributed by atoms with Crippen LogP contribution in [-0.2, 0) is 13.5 Å². The number of urea groups is 1. The van der Waals surface area contributed by atoms with Gasteiger partial charge in [0.25, 0.3) is 0 Å². The van der Waals surface area contributed by atoms with E-state index in [1.165, 1.54) is 6.07 Å². The Balaban J connectivity index is 1.51. The summed E-state index contributed by atoms with van der Waals surface area (Å²) in [6.45, 7) is 0.700. The fourth-order valence-electron chi connectivity index (χ4n) is 3.86. The summed E-state index contributed by atoms with van der Waals surface area (Å²) in [5.41, 5.74) is 1.63. The predicted octanol–water partition coefficient (Wildman–Crippen LogP) is 2.49. The maximum atomic E-state index is 13.9. The van der Waals surface area contributed by atoms with Gasteiger partial charge in [-0.1, -0.05) is 12.1 Å². The Bertz CT molecular complexity index is 774. The maximum Gasteiger partial charge on any atom is 0.318 e. The Labute approximate surface area is 139 Å². The molecule has 126 valence electrons. The van der Waals surface area contributed by atoms with Gasteiger partial charge in [-0.25, -0.2) is 9.18 Å². The van der Waals surface area contributed by atoms with Crippen molar-refractivity contribution in [2.75, 3.05) is 6.54 Å². The molecule has 0 saturated carbocycles. The first kappa shape index (κ1) is 15.1. The fraction of sp³-hybridized carbons (Fsp3) is 0.471. The third kappa shape index (κ3) is 2.44. The van der Waals surface area contributed by atoms with Crippen LogP contribution in [0.4, 0.5) is 9.18 Å². The second-order valence-electron chi connectivity index (χ2n) is 6.50. The number of nitrogens with one attached hydrogen (secondary N) is 1. The number of fused-ring (bicyclic) bond motifs is 1. The molecular weight excluding hydrogens is 309 g/mol. The van der Waals surface area contributed by atoms with Crippen molar-refractivity contribution in [3.63, 3.8) is 0 Å². The maximum absolute atomic E-state index is 13.9. The van der Waals surface area contributed by atoms with Crippen molar-refractivity contribution in [1.82, 2.24) is 25.0 Å². The van der Waals surface area contributed by atoms with Crippen molar-refractivity contribution < 1.29 is 9.18 Å². The molecule has 2 amide bonds. The Morgan fingerprint density at radius 2 is 2.25 bits per heavy atom. The van der Waals surface area contributed by atoms with Crippen molar-refractivity contribution in [2.24, 2.45) is 7.05 Å². The molecule has 0 spiro atoms. The molecule has 1 aliphatic carbocycles. The molecule has 0 unspecified atom stereocenters. The number of nitrogens with zero attached hydrogens (tertiary/aromatic N) is 4. The summed E-state index contributed by atoms with van der Waals surface area (Å²) in [5.74, 6) is 0.628. The highest BCUT2D eigenvalue weighted by Crippen LogP contribution is 2.34. The summed E-state index contributed by atoms with van der Waals surface area (Å²) in [4.78, 5) is 14.6. The van der Waals surface area contributed by atoms with Gasteiger partial charge in [-0.2, -0.15) is 0 Å². The summed E-state index contributed by atoms with van der Waals surface area (Å²) < 4.78 is 15.7. The molecule has 2 aromatic rings. The lowest BCUT2D eigenvalue weighted by Crippen LogP contribution is -2.41. The van der Waals surface area contributed by atoms with E-state index in [4.69, 9.17) is 0 Å². The number of benzene rings is 1. The van der Waals surface area contributed by atoms with Crippen molar-refractivity contribution in [1.29, 1.82) is 0 Å². The first-order valence-electron chi connectivity index (χ1n) is 8.33. The van der Waals surface area contributed by atoms with Crippen LogP contribution in [0.2, 0.25) is 0 Å². The zero-order valence-corrected chi connectivity index (χ0v) is 13.6. The van der Waals surface area contributed by atoms with Gasteiger partial charge in [0.2, 0.25) is 0 Å². The number of aromatic nitrogens is 3. The van der Waals surface area contributed by atoms with E-state index >= 15 is 0 Å². The Morgan fingerprint density at radius 3 is 3.04 bits per heavy atom. The molecule has 1 saturated heterocycles. The van der Waals surface area contributed by atoms with Gasteiger partial charge in [0.05, 0.1) is 12.1 Å². The third-order valence-electron chi connectivity index (χ3n) is 5.07. The summed E-state index contributed by atoms with van der Waals surface area (Å²) >= 11 is 0. The smallest absolute Gasteiger partial charge is 0.318 e. The second-order valence-corrected chi connectivity index (χ2v) is 6.50. The lowest BCUT2D eigenvalue weighted by atomic mass is 10.1. The summed E-state index contributed by atoms with van der Waals surface area (Å²) in [5, 5.41) is 11.1. The zero-order chi connectivity index (χ0) is 16.7. The molecule has 24 heavy (non-hydrogen) atoms. The van der Waals surface area contributed by atoms with Crippen LogP contribution in [0.5, 0.6) is 0 Å². The minimum atomic E-state index is -0.178. The molecule has 2 atom stereocenters. The van der Waals surface area contributed by atoms with E-state index in [-0.39, 0.29) is 23.9 Å². The number of amides is 2. The number of likely N-dealkylation sites (tertiary alicyclic amines) is 1. The number of hydrogen-bond donors (Lipinski definition) is 1. The molecule has 1 aliphatic heterocycles. The molecule has 2 heterocycles. The van der Waals surface area contributed by atoms with E-state index in [0.29, 0.717) is 13.0 Å². The second kappa shape index (κ2) is 5.89. The average Bonchev–Trinajstić information content (AvgIpc) is 3.27. The topological polar surface area (TPSA) is 63.1 Å². The lowest BCUT2D eigenvalue weighted by molar-refractivity contribution is 0.186. The fourth-order valence-corrected chi connectivity index (χ4v) is 3.86. The summed E-state index contributed by atoms with van der Waals surface area (Å²) in [6, 6.07) is 4.81. The zero-order valence-electron chi connectivity index (χ0n) is 13.6. The molecule has 4 rings (SSSR count). The van der Waals surface area contributed by atoms with E-state index in [0.717, 1.165) is 36.2 Å². The standard InChI is InChI=1S/C17H20FN5O/c1-22-10-19-21-16(22)15-6-3-9-23(15)17(24)20-14-8-7-11-12(14)4-2-5-13(11)18/h2,4-5,10,14-15H,3,6-9H2,1H3,(H,20,24)/t14-,15+/m0/s1. The number of hydrogen-bond acceptors (Lipinski definition) is 3.